The molecule has 4 heteroatoms. The Kier molecular flexibility index (Phi) is 13.0. The van der Waals surface area contributed by atoms with E-state index in [1.807, 2.05) is 6.92 Å². The molecule has 13 heavy (non-hydrogen) atoms. The Bertz CT molecular complexity index is 112. The third-order valence-electron chi connectivity index (χ3n) is 0.940. The van der Waals surface area contributed by atoms with Crippen molar-refractivity contribution in [2.24, 2.45) is 0 Å². The molecular formula is C9H20O4. The van der Waals surface area contributed by atoms with Crippen molar-refractivity contribution in [2.45, 2.75) is 32.8 Å². The smallest absolute Gasteiger partial charge is 0.305 e. The maximum atomic E-state index is 10.6. The molecule has 0 aromatic rings. The topological polar surface area (TPSA) is 55.8 Å². The summed E-state index contributed by atoms with van der Waals surface area (Å²) < 4.78 is 8.90. The highest BCUT2D eigenvalue weighted by molar-refractivity contribution is 5.69. The summed E-state index contributed by atoms with van der Waals surface area (Å²) in [5, 5.41) is 8.69. The van der Waals surface area contributed by atoms with Gasteiger partial charge in [-0.2, -0.15) is 0 Å². The molecule has 1 N–H and O–H groups in total. The van der Waals surface area contributed by atoms with Crippen LogP contribution < -0.4 is 0 Å². The minimum atomic E-state index is -0.555. The fourth-order valence-electron chi connectivity index (χ4n) is 0.490. The number of ether oxygens (including phenoxy) is 2. The second-order valence-corrected chi connectivity index (χ2v) is 2.69. The van der Waals surface area contributed by atoms with Crippen molar-refractivity contribution in [3.8, 4) is 0 Å². The molecule has 0 aliphatic carbocycles. The first kappa shape index (κ1) is 14.9. The van der Waals surface area contributed by atoms with Gasteiger partial charge in [-0.05, 0) is 13.3 Å². The highest BCUT2D eigenvalue weighted by Gasteiger charge is 2.01. The van der Waals surface area contributed by atoms with Gasteiger partial charge in [0.25, 0.3) is 0 Å². The lowest BCUT2D eigenvalue weighted by Crippen LogP contribution is -2.14. The van der Waals surface area contributed by atoms with Crippen LogP contribution in [0.5, 0.6) is 0 Å². The predicted molar refractivity (Wildman–Crippen MR) is 50.5 cm³/mol. The lowest BCUT2D eigenvalue weighted by molar-refractivity contribution is -0.146. The van der Waals surface area contributed by atoms with Gasteiger partial charge in [0.1, 0.15) is 6.61 Å². The van der Waals surface area contributed by atoms with Crippen LogP contribution >= 0.6 is 0 Å². The Labute approximate surface area is 79.8 Å². The summed E-state index contributed by atoms with van der Waals surface area (Å²) in [7, 11) is 3.25. The molecule has 0 radical (unpaired) electrons. The first-order valence-corrected chi connectivity index (χ1v) is 4.32. The van der Waals surface area contributed by atoms with E-state index in [0.29, 0.717) is 6.42 Å². The van der Waals surface area contributed by atoms with Crippen molar-refractivity contribution in [3.63, 3.8) is 0 Å². The summed E-state index contributed by atoms with van der Waals surface area (Å²) in [5.41, 5.74) is 0. The molecule has 0 aromatic heterocycles. The molecule has 0 saturated heterocycles. The van der Waals surface area contributed by atoms with Crippen LogP contribution in [-0.4, -0.2) is 38.0 Å². The van der Waals surface area contributed by atoms with Crippen LogP contribution in [0.3, 0.4) is 0 Å². The van der Waals surface area contributed by atoms with E-state index in [4.69, 9.17) is 5.11 Å². The summed E-state index contributed by atoms with van der Waals surface area (Å²) >= 11 is 0. The first-order chi connectivity index (χ1) is 6.08. The van der Waals surface area contributed by atoms with E-state index in [-0.39, 0.29) is 12.6 Å². The second-order valence-electron chi connectivity index (χ2n) is 2.69. The first-order valence-electron chi connectivity index (χ1n) is 4.32. The minimum absolute atomic E-state index is 0.110. The molecule has 4 nitrogen and oxygen atoms in total. The Balaban J connectivity index is 0. The molecule has 0 heterocycles. The van der Waals surface area contributed by atoms with Gasteiger partial charge in [-0.1, -0.05) is 6.92 Å². The highest BCUT2D eigenvalue weighted by atomic mass is 16.5. The van der Waals surface area contributed by atoms with E-state index in [1.54, 1.807) is 21.1 Å². The van der Waals surface area contributed by atoms with Crippen molar-refractivity contribution >= 4 is 5.97 Å². The number of carbonyl (C=O) groups is 1. The Morgan fingerprint density at radius 3 is 2.23 bits per heavy atom. The molecule has 0 amide bonds. The van der Waals surface area contributed by atoms with Gasteiger partial charge in [-0.25, -0.2) is 0 Å². The van der Waals surface area contributed by atoms with E-state index in [2.05, 4.69) is 9.47 Å². The molecular weight excluding hydrogens is 172 g/mol. The average molecular weight is 192 g/mol. The van der Waals surface area contributed by atoms with Crippen LogP contribution in [0, 0.1) is 0 Å². The van der Waals surface area contributed by atoms with Gasteiger partial charge in [-0.15, -0.1) is 0 Å². The van der Waals surface area contributed by atoms with Crippen LogP contribution in [0.1, 0.15) is 26.7 Å². The zero-order chi connectivity index (χ0) is 10.7. The fourth-order valence-corrected chi connectivity index (χ4v) is 0.490. The largest absolute Gasteiger partial charge is 0.463 e. The van der Waals surface area contributed by atoms with Crippen molar-refractivity contribution < 1.29 is 19.4 Å². The SMILES string of the molecule is CCCC(=O)OCC(C)O.COC. The zero-order valence-corrected chi connectivity index (χ0v) is 8.87. The summed E-state index contributed by atoms with van der Waals surface area (Å²) in [6, 6.07) is 0. The summed E-state index contributed by atoms with van der Waals surface area (Å²) in [6.45, 7) is 3.60. The number of methoxy groups -OCH3 is 1. The van der Waals surface area contributed by atoms with Gasteiger partial charge in [0.2, 0.25) is 0 Å². The summed E-state index contributed by atoms with van der Waals surface area (Å²) in [4.78, 5) is 10.6. The summed E-state index contributed by atoms with van der Waals surface area (Å²) in [5.74, 6) is -0.233. The molecule has 0 bridgehead atoms. The minimum Gasteiger partial charge on any atom is -0.463 e. The van der Waals surface area contributed by atoms with Gasteiger partial charge in [0.15, 0.2) is 0 Å². The fraction of sp³-hybridized carbons (Fsp3) is 0.889. The molecule has 0 aliphatic heterocycles. The van der Waals surface area contributed by atoms with Crippen LogP contribution in [0.4, 0.5) is 0 Å². The van der Waals surface area contributed by atoms with Gasteiger partial charge in [-0.3, -0.25) is 4.79 Å². The Hall–Kier alpha value is -0.610. The number of hydrogen-bond acceptors (Lipinski definition) is 4. The number of aliphatic hydroxyl groups is 1. The number of esters is 1. The van der Waals surface area contributed by atoms with Crippen molar-refractivity contribution in [3.05, 3.63) is 0 Å². The molecule has 1 atom stereocenters. The van der Waals surface area contributed by atoms with E-state index in [1.165, 1.54) is 0 Å². The second kappa shape index (κ2) is 11.4. The predicted octanol–water partition coefficient (Wildman–Crippen LogP) is 0.973. The van der Waals surface area contributed by atoms with E-state index in [9.17, 15) is 4.79 Å². The molecule has 0 rings (SSSR count). The van der Waals surface area contributed by atoms with E-state index in [0.717, 1.165) is 6.42 Å². The normalized spacial score (nSPS) is 11.2. The van der Waals surface area contributed by atoms with Crippen molar-refractivity contribution in [2.75, 3.05) is 20.8 Å². The molecule has 0 saturated carbocycles. The van der Waals surface area contributed by atoms with Crippen LogP contribution in [0.15, 0.2) is 0 Å². The molecule has 0 spiro atoms. The Morgan fingerprint density at radius 1 is 1.46 bits per heavy atom. The monoisotopic (exact) mass is 192 g/mol. The van der Waals surface area contributed by atoms with E-state index >= 15 is 0 Å². The highest BCUT2D eigenvalue weighted by Crippen LogP contribution is 1.92. The molecule has 0 aliphatic rings. The van der Waals surface area contributed by atoms with Crippen molar-refractivity contribution in [1.29, 1.82) is 0 Å². The lowest BCUT2D eigenvalue weighted by atomic mass is 10.3. The standard InChI is InChI=1S/C7H14O3.C2H6O/c1-3-4-7(9)10-5-6(2)8;1-3-2/h6,8H,3-5H2,1-2H3;1-2H3. The van der Waals surface area contributed by atoms with E-state index < -0.39 is 6.10 Å². The number of aliphatic hydroxyl groups excluding tert-OH is 1. The number of carbonyl (C=O) groups excluding carboxylic acids is 1. The zero-order valence-electron chi connectivity index (χ0n) is 8.87. The van der Waals surface area contributed by atoms with Gasteiger partial charge >= 0.3 is 5.97 Å². The third-order valence-corrected chi connectivity index (χ3v) is 0.940. The van der Waals surface area contributed by atoms with Gasteiger partial charge in [0, 0.05) is 20.6 Å². The van der Waals surface area contributed by atoms with Crippen LogP contribution in [-0.2, 0) is 14.3 Å². The van der Waals surface area contributed by atoms with Crippen LogP contribution in [0.25, 0.3) is 0 Å². The molecule has 0 fully saturated rings. The Morgan fingerprint density at radius 2 is 1.92 bits per heavy atom. The van der Waals surface area contributed by atoms with Crippen molar-refractivity contribution in [1.82, 2.24) is 0 Å². The van der Waals surface area contributed by atoms with Gasteiger partial charge < -0.3 is 14.6 Å². The molecule has 1 unspecified atom stereocenters. The molecule has 0 aromatic carbocycles. The molecule has 80 valence electrons. The summed E-state index contributed by atoms with van der Waals surface area (Å²) in [6.07, 6.45) is 0.673. The van der Waals surface area contributed by atoms with Crippen LogP contribution in [0.2, 0.25) is 0 Å². The maximum Gasteiger partial charge on any atom is 0.305 e. The maximum absolute atomic E-state index is 10.6. The van der Waals surface area contributed by atoms with Gasteiger partial charge in [0.05, 0.1) is 6.10 Å². The third kappa shape index (κ3) is 18.4. The lowest BCUT2D eigenvalue weighted by Gasteiger charge is -2.04. The average Bonchev–Trinajstić information content (AvgIpc) is 2.03. The quantitative estimate of drug-likeness (QED) is 0.674. The number of hydrogen-bond donors (Lipinski definition) is 1. The number of rotatable bonds is 4.